The molecule has 0 fully saturated rings. The zero-order valence-corrected chi connectivity index (χ0v) is 18.9. The number of carbonyl (C=O) groups is 1. The topological polar surface area (TPSA) is 62.1 Å². The standard InChI is InChI=1S/C27H18Cl2N2O2/c28-24-8-4-9-25(29)23(24)17-33-21-13-11-18(12-14-21)15-20(16-30)27(32)31-26-10-3-6-19-5-1-2-7-22(19)26/h1-15H,17H2,(H,31,32)/b20-15+. The first-order valence-electron chi connectivity index (χ1n) is 10.1. The van der Waals surface area contributed by atoms with Gasteiger partial charge in [-0.3, -0.25) is 4.79 Å². The van der Waals surface area contributed by atoms with Gasteiger partial charge in [-0.25, -0.2) is 0 Å². The summed E-state index contributed by atoms with van der Waals surface area (Å²) < 4.78 is 5.77. The molecule has 0 radical (unpaired) electrons. The summed E-state index contributed by atoms with van der Waals surface area (Å²) in [5.74, 6) is 0.143. The van der Waals surface area contributed by atoms with Crippen LogP contribution in [0, 0.1) is 11.3 Å². The summed E-state index contributed by atoms with van der Waals surface area (Å²) in [5.41, 5.74) is 2.06. The molecule has 0 saturated carbocycles. The molecule has 33 heavy (non-hydrogen) atoms. The van der Waals surface area contributed by atoms with Crippen molar-refractivity contribution in [2.75, 3.05) is 5.32 Å². The first-order chi connectivity index (χ1) is 16.0. The summed E-state index contributed by atoms with van der Waals surface area (Å²) in [5, 5.41) is 15.4. The average Bonchev–Trinajstić information content (AvgIpc) is 2.83. The van der Waals surface area contributed by atoms with Gasteiger partial charge >= 0.3 is 0 Å². The van der Waals surface area contributed by atoms with Crippen molar-refractivity contribution in [3.05, 3.63) is 112 Å². The molecule has 0 bridgehead atoms. The number of anilines is 1. The Bertz CT molecular complexity index is 1360. The summed E-state index contributed by atoms with van der Waals surface area (Å²) in [6.07, 6.45) is 1.54. The number of hydrogen-bond donors (Lipinski definition) is 1. The molecular weight excluding hydrogens is 455 g/mol. The molecule has 162 valence electrons. The molecule has 4 aromatic carbocycles. The first kappa shape index (κ1) is 22.4. The highest BCUT2D eigenvalue weighted by atomic mass is 35.5. The molecule has 1 amide bonds. The first-order valence-corrected chi connectivity index (χ1v) is 10.9. The monoisotopic (exact) mass is 472 g/mol. The van der Waals surface area contributed by atoms with Crippen LogP contribution >= 0.6 is 23.2 Å². The van der Waals surface area contributed by atoms with E-state index in [0.717, 1.165) is 10.8 Å². The zero-order chi connectivity index (χ0) is 23.2. The smallest absolute Gasteiger partial charge is 0.266 e. The van der Waals surface area contributed by atoms with Crippen molar-refractivity contribution in [3.63, 3.8) is 0 Å². The van der Waals surface area contributed by atoms with Gasteiger partial charge in [0.15, 0.2) is 0 Å². The van der Waals surface area contributed by atoms with E-state index in [1.807, 2.05) is 48.5 Å². The van der Waals surface area contributed by atoms with E-state index in [-0.39, 0.29) is 12.2 Å². The van der Waals surface area contributed by atoms with Gasteiger partial charge in [0.25, 0.3) is 5.91 Å². The highest BCUT2D eigenvalue weighted by Gasteiger charge is 2.12. The molecule has 4 aromatic rings. The van der Waals surface area contributed by atoms with Crippen molar-refractivity contribution in [2.45, 2.75) is 6.61 Å². The predicted octanol–water partition coefficient (Wildman–Crippen LogP) is 7.27. The lowest BCUT2D eigenvalue weighted by Gasteiger charge is -2.10. The Kier molecular flexibility index (Phi) is 6.95. The van der Waals surface area contributed by atoms with E-state index in [1.54, 1.807) is 42.5 Å². The fourth-order valence-electron chi connectivity index (χ4n) is 3.33. The minimum absolute atomic E-state index is 0.000508. The lowest BCUT2D eigenvalue weighted by Crippen LogP contribution is -2.13. The Balaban J connectivity index is 1.46. The molecule has 0 saturated heterocycles. The van der Waals surface area contributed by atoms with Crippen LogP contribution < -0.4 is 10.1 Å². The van der Waals surface area contributed by atoms with Crippen LogP contribution in [0.2, 0.25) is 10.0 Å². The predicted molar refractivity (Wildman–Crippen MR) is 133 cm³/mol. The SMILES string of the molecule is N#C/C(=C\c1ccc(OCc2c(Cl)cccc2Cl)cc1)C(=O)Nc1cccc2ccccc12. The van der Waals surface area contributed by atoms with Crippen LogP contribution in [-0.4, -0.2) is 5.91 Å². The van der Waals surface area contributed by atoms with Gasteiger partial charge in [-0.2, -0.15) is 5.26 Å². The maximum Gasteiger partial charge on any atom is 0.266 e. The Hall–Kier alpha value is -3.78. The third-order valence-electron chi connectivity index (χ3n) is 5.04. The fraction of sp³-hybridized carbons (Fsp3) is 0.0370. The fourth-order valence-corrected chi connectivity index (χ4v) is 3.83. The second-order valence-corrected chi connectivity index (χ2v) is 8.02. The van der Waals surface area contributed by atoms with E-state index in [4.69, 9.17) is 27.9 Å². The molecule has 0 heterocycles. The number of nitriles is 1. The number of fused-ring (bicyclic) bond motifs is 1. The number of benzene rings is 4. The molecule has 0 aliphatic heterocycles. The van der Waals surface area contributed by atoms with E-state index in [9.17, 15) is 10.1 Å². The van der Waals surface area contributed by atoms with Gasteiger partial charge in [-0.15, -0.1) is 0 Å². The molecule has 0 aliphatic carbocycles. The summed E-state index contributed by atoms with van der Waals surface area (Å²) in [6, 6.07) is 27.7. The zero-order valence-electron chi connectivity index (χ0n) is 17.4. The van der Waals surface area contributed by atoms with Crippen LogP contribution in [0.1, 0.15) is 11.1 Å². The largest absolute Gasteiger partial charge is 0.489 e. The maximum atomic E-state index is 12.7. The third kappa shape index (κ3) is 5.35. The highest BCUT2D eigenvalue weighted by molar-refractivity contribution is 6.35. The number of carbonyl (C=O) groups excluding carboxylic acids is 1. The van der Waals surface area contributed by atoms with E-state index in [2.05, 4.69) is 5.32 Å². The van der Waals surface area contributed by atoms with Crippen molar-refractivity contribution in [1.82, 2.24) is 0 Å². The van der Waals surface area contributed by atoms with Crippen LogP contribution in [-0.2, 0) is 11.4 Å². The van der Waals surface area contributed by atoms with Crippen molar-refractivity contribution in [2.24, 2.45) is 0 Å². The minimum atomic E-state index is -0.470. The van der Waals surface area contributed by atoms with Gasteiger partial charge in [-0.05, 0) is 47.4 Å². The molecule has 0 aliphatic rings. The Morgan fingerprint density at radius 1 is 0.909 bits per heavy atom. The molecule has 0 unspecified atom stereocenters. The summed E-state index contributed by atoms with van der Waals surface area (Å²) in [7, 11) is 0. The molecule has 4 rings (SSSR count). The van der Waals surface area contributed by atoms with Gasteiger partial charge in [0.1, 0.15) is 24.0 Å². The summed E-state index contributed by atoms with van der Waals surface area (Å²) >= 11 is 12.3. The van der Waals surface area contributed by atoms with Crippen molar-refractivity contribution < 1.29 is 9.53 Å². The van der Waals surface area contributed by atoms with E-state index in [1.165, 1.54) is 6.08 Å². The van der Waals surface area contributed by atoms with Crippen LogP contribution in [0.3, 0.4) is 0 Å². The number of hydrogen-bond acceptors (Lipinski definition) is 3. The number of nitrogens with zero attached hydrogens (tertiary/aromatic N) is 1. The van der Waals surface area contributed by atoms with Crippen LogP contribution in [0.15, 0.2) is 90.5 Å². The molecule has 0 atom stereocenters. The number of halogens is 2. The van der Waals surface area contributed by atoms with Gasteiger partial charge < -0.3 is 10.1 Å². The minimum Gasteiger partial charge on any atom is -0.489 e. The second-order valence-electron chi connectivity index (χ2n) is 7.21. The molecule has 0 aromatic heterocycles. The molecule has 4 nitrogen and oxygen atoms in total. The second kappa shape index (κ2) is 10.2. The van der Waals surface area contributed by atoms with Crippen molar-refractivity contribution in [3.8, 4) is 11.8 Å². The average molecular weight is 473 g/mol. The lowest BCUT2D eigenvalue weighted by molar-refractivity contribution is -0.112. The molecule has 0 spiro atoms. The van der Waals surface area contributed by atoms with Crippen LogP contribution in [0.5, 0.6) is 5.75 Å². The quantitative estimate of drug-likeness (QED) is 0.237. The molecule has 6 heteroatoms. The van der Waals surface area contributed by atoms with E-state index >= 15 is 0 Å². The summed E-state index contributed by atoms with van der Waals surface area (Å²) in [6.45, 7) is 0.227. The van der Waals surface area contributed by atoms with Crippen molar-refractivity contribution >= 4 is 51.6 Å². The normalized spacial score (nSPS) is 11.1. The highest BCUT2D eigenvalue weighted by Crippen LogP contribution is 2.26. The van der Waals surface area contributed by atoms with Gasteiger partial charge in [0, 0.05) is 26.7 Å². The van der Waals surface area contributed by atoms with E-state index < -0.39 is 5.91 Å². The van der Waals surface area contributed by atoms with Crippen molar-refractivity contribution in [1.29, 1.82) is 5.26 Å². The number of nitrogens with one attached hydrogen (secondary N) is 1. The van der Waals surface area contributed by atoms with Gasteiger partial charge in [-0.1, -0.05) is 77.8 Å². The Morgan fingerprint density at radius 2 is 1.58 bits per heavy atom. The maximum absolute atomic E-state index is 12.7. The number of amides is 1. The lowest BCUT2D eigenvalue weighted by atomic mass is 10.1. The Morgan fingerprint density at radius 3 is 2.30 bits per heavy atom. The molecular formula is C27H18Cl2N2O2. The molecule has 1 N–H and O–H groups in total. The van der Waals surface area contributed by atoms with Gasteiger partial charge in [0.05, 0.1) is 0 Å². The summed E-state index contributed by atoms with van der Waals surface area (Å²) in [4.78, 5) is 12.7. The van der Waals surface area contributed by atoms with Gasteiger partial charge in [0.2, 0.25) is 0 Å². The third-order valence-corrected chi connectivity index (χ3v) is 5.75. The van der Waals surface area contributed by atoms with Crippen LogP contribution in [0.4, 0.5) is 5.69 Å². The number of rotatable bonds is 6. The Labute approximate surface area is 201 Å². The number of ether oxygens (including phenoxy) is 1. The van der Waals surface area contributed by atoms with E-state index in [0.29, 0.717) is 32.6 Å². The van der Waals surface area contributed by atoms with Crippen LogP contribution in [0.25, 0.3) is 16.8 Å².